The SMILES string of the molecule is CCOC(=O)CS(=O)(=O)N(CC(=O)O)c1ccccc1. The Morgan fingerprint density at radius 3 is 2.35 bits per heavy atom. The fourth-order valence-corrected chi connectivity index (χ4v) is 2.78. The van der Waals surface area contributed by atoms with E-state index in [1.54, 1.807) is 25.1 Å². The number of carboxylic acid groups (broad SMARTS) is 1. The lowest BCUT2D eigenvalue weighted by atomic mass is 10.3. The van der Waals surface area contributed by atoms with Gasteiger partial charge in [-0.25, -0.2) is 8.42 Å². The molecule has 0 saturated carbocycles. The van der Waals surface area contributed by atoms with Crippen LogP contribution in [0.1, 0.15) is 6.92 Å². The molecule has 0 aromatic heterocycles. The molecule has 1 aromatic carbocycles. The van der Waals surface area contributed by atoms with E-state index in [-0.39, 0.29) is 12.3 Å². The summed E-state index contributed by atoms with van der Waals surface area (Å²) in [4.78, 5) is 22.1. The molecule has 0 unspecified atom stereocenters. The summed E-state index contributed by atoms with van der Waals surface area (Å²) in [5.41, 5.74) is 0.180. The van der Waals surface area contributed by atoms with Crippen LogP contribution < -0.4 is 4.31 Å². The smallest absolute Gasteiger partial charge is 0.324 e. The number of hydrogen-bond acceptors (Lipinski definition) is 5. The first-order valence-corrected chi connectivity index (χ1v) is 7.40. The van der Waals surface area contributed by atoms with Crippen LogP contribution in [-0.4, -0.2) is 44.4 Å². The lowest BCUT2D eigenvalue weighted by Gasteiger charge is -2.22. The molecule has 7 nitrogen and oxygen atoms in total. The zero-order valence-electron chi connectivity index (χ0n) is 10.9. The molecule has 0 fully saturated rings. The minimum absolute atomic E-state index is 0.0542. The van der Waals surface area contributed by atoms with Crippen LogP contribution in [0.3, 0.4) is 0 Å². The van der Waals surface area contributed by atoms with Crippen molar-refractivity contribution in [1.29, 1.82) is 0 Å². The van der Waals surface area contributed by atoms with Crippen molar-refractivity contribution in [2.24, 2.45) is 0 Å². The second-order valence-corrected chi connectivity index (χ2v) is 5.69. The first-order valence-electron chi connectivity index (χ1n) is 5.79. The van der Waals surface area contributed by atoms with Gasteiger partial charge in [0.15, 0.2) is 5.75 Å². The van der Waals surface area contributed by atoms with Gasteiger partial charge in [-0.05, 0) is 19.1 Å². The monoisotopic (exact) mass is 301 g/mol. The summed E-state index contributed by atoms with van der Waals surface area (Å²) in [6.07, 6.45) is 0. The summed E-state index contributed by atoms with van der Waals surface area (Å²) < 4.78 is 29.5. The van der Waals surface area contributed by atoms with Gasteiger partial charge < -0.3 is 9.84 Å². The van der Waals surface area contributed by atoms with Gasteiger partial charge in [0.1, 0.15) is 6.54 Å². The predicted molar refractivity (Wildman–Crippen MR) is 71.8 cm³/mol. The van der Waals surface area contributed by atoms with E-state index in [0.29, 0.717) is 4.31 Å². The number of para-hydroxylation sites is 1. The van der Waals surface area contributed by atoms with E-state index in [2.05, 4.69) is 4.74 Å². The second-order valence-electron chi connectivity index (χ2n) is 3.80. The number of rotatable bonds is 7. The number of sulfonamides is 1. The molecule has 0 saturated heterocycles. The van der Waals surface area contributed by atoms with Crippen molar-refractivity contribution in [3.05, 3.63) is 30.3 Å². The lowest BCUT2D eigenvalue weighted by molar-refractivity contribution is -0.140. The summed E-state index contributed by atoms with van der Waals surface area (Å²) in [7, 11) is -4.11. The Balaban J connectivity index is 3.04. The van der Waals surface area contributed by atoms with Gasteiger partial charge in [0.05, 0.1) is 12.3 Å². The van der Waals surface area contributed by atoms with Crippen molar-refractivity contribution in [1.82, 2.24) is 0 Å². The molecule has 0 atom stereocenters. The van der Waals surface area contributed by atoms with Gasteiger partial charge in [-0.2, -0.15) is 0 Å². The molecule has 0 bridgehead atoms. The highest BCUT2D eigenvalue weighted by Crippen LogP contribution is 2.17. The van der Waals surface area contributed by atoms with Crippen molar-refractivity contribution in [3.63, 3.8) is 0 Å². The second kappa shape index (κ2) is 6.90. The number of carbonyl (C=O) groups excluding carboxylic acids is 1. The van der Waals surface area contributed by atoms with E-state index < -0.39 is 34.3 Å². The van der Waals surface area contributed by atoms with E-state index in [1.807, 2.05) is 0 Å². The molecule has 110 valence electrons. The molecule has 0 aliphatic rings. The molecular formula is C12H15NO6S. The van der Waals surface area contributed by atoms with Gasteiger partial charge in [0, 0.05) is 0 Å². The van der Waals surface area contributed by atoms with E-state index in [4.69, 9.17) is 5.11 Å². The molecular weight excluding hydrogens is 286 g/mol. The lowest BCUT2D eigenvalue weighted by Crippen LogP contribution is -2.39. The normalized spacial score (nSPS) is 10.8. The molecule has 0 amide bonds. The number of carboxylic acids is 1. The molecule has 0 aliphatic carbocycles. The van der Waals surface area contributed by atoms with Crippen LogP contribution in [-0.2, 0) is 24.3 Å². The molecule has 8 heteroatoms. The first-order chi connectivity index (χ1) is 9.36. The van der Waals surface area contributed by atoms with Gasteiger partial charge in [-0.15, -0.1) is 0 Å². The van der Waals surface area contributed by atoms with E-state index >= 15 is 0 Å². The molecule has 1 N–H and O–H groups in total. The van der Waals surface area contributed by atoms with Crippen molar-refractivity contribution >= 4 is 27.6 Å². The Labute approximate surface area is 116 Å². The summed E-state index contributed by atoms with van der Waals surface area (Å²) in [5, 5.41) is 8.82. The molecule has 0 aliphatic heterocycles. The molecule has 1 aromatic rings. The number of carbonyl (C=O) groups is 2. The molecule has 0 radical (unpaired) electrons. The maximum atomic E-state index is 12.1. The molecule has 20 heavy (non-hydrogen) atoms. The van der Waals surface area contributed by atoms with Gasteiger partial charge in [-0.3, -0.25) is 13.9 Å². The van der Waals surface area contributed by atoms with Crippen LogP contribution in [0, 0.1) is 0 Å². The quantitative estimate of drug-likeness (QED) is 0.735. The Morgan fingerprint density at radius 2 is 1.85 bits per heavy atom. The van der Waals surface area contributed by atoms with Gasteiger partial charge >= 0.3 is 11.9 Å². The average Bonchev–Trinajstić information content (AvgIpc) is 2.36. The van der Waals surface area contributed by atoms with Crippen LogP contribution >= 0.6 is 0 Å². The van der Waals surface area contributed by atoms with Crippen molar-refractivity contribution in [2.45, 2.75) is 6.92 Å². The van der Waals surface area contributed by atoms with Crippen molar-refractivity contribution in [3.8, 4) is 0 Å². The fourth-order valence-electron chi connectivity index (χ4n) is 1.50. The third kappa shape index (κ3) is 4.54. The van der Waals surface area contributed by atoms with Crippen molar-refractivity contribution < 1.29 is 27.9 Å². The molecule has 0 spiro atoms. The minimum Gasteiger partial charge on any atom is -0.480 e. The number of anilines is 1. The number of esters is 1. The molecule has 0 heterocycles. The van der Waals surface area contributed by atoms with Gasteiger partial charge in [-0.1, -0.05) is 18.2 Å². The zero-order valence-corrected chi connectivity index (χ0v) is 11.7. The number of aliphatic carboxylic acids is 1. The summed E-state index contributed by atoms with van der Waals surface area (Å²) in [6.45, 7) is 0.848. The summed E-state index contributed by atoms with van der Waals surface area (Å²) in [5.74, 6) is -3.14. The summed E-state index contributed by atoms with van der Waals surface area (Å²) in [6, 6.07) is 7.71. The maximum Gasteiger partial charge on any atom is 0.324 e. The largest absolute Gasteiger partial charge is 0.480 e. The highest BCUT2D eigenvalue weighted by Gasteiger charge is 2.28. The Bertz CT molecular complexity index is 569. The number of ether oxygens (including phenoxy) is 1. The Kier molecular flexibility index (Phi) is 5.51. The maximum absolute atomic E-state index is 12.1. The predicted octanol–water partition coefficient (Wildman–Crippen LogP) is 0.471. The molecule has 1 rings (SSSR count). The Hall–Kier alpha value is -2.09. The van der Waals surface area contributed by atoms with E-state index in [1.165, 1.54) is 12.1 Å². The van der Waals surface area contributed by atoms with E-state index in [0.717, 1.165) is 0 Å². The zero-order chi connectivity index (χ0) is 15.2. The number of nitrogens with zero attached hydrogens (tertiary/aromatic N) is 1. The first kappa shape index (κ1) is 16.0. The summed E-state index contributed by atoms with van der Waals surface area (Å²) >= 11 is 0. The number of benzene rings is 1. The fraction of sp³-hybridized carbons (Fsp3) is 0.333. The average molecular weight is 301 g/mol. The third-order valence-corrected chi connectivity index (χ3v) is 3.88. The van der Waals surface area contributed by atoms with Crippen LogP contribution in [0.25, 0.3) is 0 Å². The third-order valence-electron chi connectivity index (χ3n) is 2.26. The number of hydrogen-bond donors (Lipinski definition) is 1. The highest BCUT2D eigenvalue weighted by atomic mass is 32.2. The van der Waals surface area contributed by atoms with Crippen LogP contribution in [0.2, 0.25) is 0 Å². The van der Waals surface area contributed by atoms with E-state index in [9.17, 15) is 18.0 Å². The van der Waals surface area contributed by atoms with Gasteiger partial charge in [0.25, 0.3) is 0 Å². The highest BCUT2D eigenvalue weighted by molar-refractivity contribution is 7.93. The van der Waals surface area contributed by atoms with Crippen molar-refractivity contribution in [2.75, 3.05) is 23.2 Å². The van der Waals surface area contributed by atoms with Crippen LogP contribution in [0.4, 0.5) is 5.69 Å². The van der Waals surface area contributed by atoms with Crippen LogP contribution in [0.15, 0.2) is 30.3 Å². The Morgan fingerprint density at radius 1 is 1.25 bits per heavy atom. The van der Waals surface area contributed by atoms with Crippen LogP contribution in [0.5, 0.6) is 0 Å². The minimum atomic E-state index is -4.11. The topological polar surface area (TPSA) is 101 Å². The van der Waals surface area contributed by atoms with Gasteiger partial charge in [0.2, 0.25) is 10.0 Å². The standard InChI is InChI=1S/C12H15NO6S/c1-2-19-12(16)9-20(17,18)13(8-11(14)15)10-6-4-3-5-7-10/h3-7H,2,8-9H2,1H3,(H,14,15).